The highest BCUT2D eigenvalue weighted by Gasteiger charge is 2.33. The molecule has 2 aliphatic heterocycles. The lowest BCUT2D eigenvalue weighted by atomic mass is 9.99. The number of benzene rings is 2. The number of nitrogens with one attached hydrogen (secondary N) is 1. The van der Waals surface area contributed by atoms with Crippen molar-refractivity contribution in [1.29, 1.82) is 0 Å². The summed E-state index contributed by atoms with van der Waals surface area (Å²) in [6.45, 7) is 2.55. The predicted molar refractivity (Wildman–Crippen MR) is 134 cm³/mol. The SMILES string of the molecule is O=C(Nc1ccc(OC2CCN(C(=O)c3ccc(Cl)cc3)CC2)cc1)C1CN(c2cccnn2)C1. The molecule has 2 saturated heterocycles. The lowest BCUT2D eigenvalue weighted by Crippen LogP contribution is -2.52. The Labute approximate surface area is 208 Å². The number of hydrogen-bond donors (Lipinski definition) is 1. The highest BCUT2D eigenvalue weighted by atomic mass is 35.5. The van der Waals surface area contributed by atoms with Crippen LogP contribution in [0, 0.1) is 5.92 Å². The number of ether oxygens (including phenoxy) is 1. The Hall–Kier alpha value is -3.65. The van der Waals surface area contributed by atoms with Gasteiger partial charge in [0.15, 0.2) is 5.82 Å². The van der Waals surface area contributed by atoms with Crippen LogP contribution in [0.3, 0.4) is 0 Å². The Morgan fingerprint density at radius 2 is 1.69 bits per heavy atom. The van der Waals surface area contributed by atoms with Crippen molar-refractivity contribution in [2.75, 3.05) is 36.4 Å². The average Bonchev–Trinajstić information content (AvgIpc) is 2.85. The van der Waals surface area contributed by atoms with Gasteiger partial charge in [0.2, 0.25) is 5.91 Å². The normalized spacial score (nSPS) is 16.5. The number of rotatable bonds is 6. The van der Waals surface area contributed by atoms with E-state index < -0.39 is 0 Å². The van der Waals surface area contributed by atoms with Crippen LogP contribution in [-0.2, 0) is 4.79 Å². The summed E-state index contributed by atoms with van der Waals surface area (Å²) in [7, 11) is 0. The van der Waals surface area contributed by atoms with Crippen LogP contribution in [0.5, 0.6) is 5.75 Å². The molecule has 2 aliphatic rings. The van der Waals surface area contributed by atoms with Gasteiger partial charge in [-0.15, -0.1) is 5.10 Å². The van der Waals surface area contributed by atoms with Gasteiger partial charge in [0.1, 0.15) is 11.9 Å². The van der Waals surface area contributed by atoms with Crippen molar-refractivity contribution in [1.82, 2.24) is 15.1 Å². The highest BCUT2D eigenvalue weighted by Crippen LogP contribution is 2.25. The Kier molecular flexibility index (Phi) is 6.81. The number of aromatic nitrogens is 2. The molecule has 2 fully saturated rings. The number of piperidine rings is 1. The highest BCUT2D eigenvalue weighted by molar-refractivity contribution is 6.30. The molecule has 8 nitrogen and oxygen atoms in total. The molecule has 3 aromatic rings. The molecule has 1 N–H and O–H groups in total. The van der Waals surface area contributed by atoms with E-state index in [-0.39, 0.29) is 23.8 Å². The van der Waals surface area contributed by atoms with Crippen molar-refractivity contribution in [2.45, 2.75) is 18.9 Å². The molecule has 2 aromatic carbocycles. The number of anilines is 2. The molecule has 0 spiro atoms. The number of nitrogens with zero attached hydrogens (tertiary/aromatic N) is 4. The first-order chi connectivity index (χ1) is 17.0. The molecule has 9 heteroatoms. The lowest BCUT2D eigenvalue weighted by Gasteiger charge is -2.38. The summed E-state index contributed by atoms with van der Waals surface area (Å²) >= 11 is 5.91. The number of halogens is 1. The maximum atomic E-state index is 12.7. The van der Waals surface area contributed by atoms with E-state index >= 15 is 0 Å². The van der Waals surface area contributed by atoms with E-state index in [1.807, 2.05) is 46.2 Å². The van der Waals surface area contributed by atoms with Crippen molar-refractivity contribution in [3.8, 4) is 5.75 Å². The van der Waals surface area contributed by atoms with Crippen molar-refractivity contribution in [3.05, 3.63) is 77.4 Å². The topological polar surface area (TPSA) is 87.7 Å². The molecule has 0 atom stereocenters. The summed E-state index contributed by atoms with van der Waals surface area (Å²) < 4.78 is 6.12. The molecular weight excluding hydrogens is 466 g/mol. The van der Waals surface area contributed by atoms with Crippen LogP contribution in [0.4, 0.5) is 11.5 Å². The third kappa shape index (κ3) is 5.54. The number of hydrogen-bond acceptors (Lipinski definition) is 6. The van der Waals surface area contributed by atoms with Crippen LogP contribution in [0.1, 0.15) is 23.2 Å². The van der Waals surface area contributed by atoms with Gasteiger partial charge in [0, 0.05) is 61.5 Å². The predicted octanol–water partition coefficient (Wildman–Crippen LogP) is 3.89. The molecule has 1 aromatic heterocycles. The number of carbonyl (C=O) groups is 2. The zero-order valence-electron chi connectivity index (χ0n) is 19.1. The van der Waals surface area contributed by atoms with E-state index in [0.29, 0.717) is 36.8 Å². The zero-order chi connectivity index (χ0) is 24.2. The van der Waals surface area contributed by atoms with E-state index in [0.717, 1.165) is 30.1 Å². The molecule has 35 heavy (non-hydrogen) atoms. The third-order valence-electron chi connectivity index (χ3n) is 6.38. The van der Waals surface area contributed by atoms with Gasteiger partial charge in [0.05, 0.1) is 5.92 Å². The van der Waals surface area contributed by atoms with E-state index in [9.17, 15) is 9.59 Å². The van der Waals surface area contributed by atoms with Gasteiger partial charge in [-0.1, -0.05) is 11.6 Å². The minimum absolute atomic E-state index is 0.00321. The maximum absolute atomic E-state index is 12.7. The molecule has 3 heterocycles. The fraction of sp³-hybridized carbons (Fsp3) is 0.308. The Morgan fingerprint density at radius 1 is 0.971 bits per heavy atom. The second kappa shape index (κ2) is 10.3. The van der Waals surface area contributed by atoms with Crippen LogP contribution in [0.25, 0.3) is 0 Å². The first kappa shape index (κ1) is 23.1. The van der Waals surface area contributed by atoms with Gasteiger partial charge in [-0.25, -0.2) is 0 Å². The van der Waals surface area contributed by atoms with E-state index in [2.05, 4.69) is 15.5 Å². The first-order valence-corrected chi connectivity index (χ1v) is 12.1. The Balaban J connectivity index is 1.06. The van der Waals surface area contributed by atoms with Gasteiger partial charge in [0.25, 0.3) is 5.91 Å². The summed E-state index contributed by atoms with van der Waals surface area (Å²) in [5.41, 5.74) is 1.39. The molecule has 0 aliphatic carbocycles. The summed E-state index contributed by atoms with van der Waals surface area (Å²) in [5.74, 6) is 1.48. The second-order valence-corrected chi connectivity index (χ2v) is 9.25. The summed E-state index contributed by atoms with van der Waals surface area (Å²) in [5, 5.41) is 11.5. The first-order valence-electron chi connectivity index (χ1n) is 11.7. The number of carbonyl (C=O) groups excluding carboxylic acids is 2. The smallest absolute Gasteiger partial charge is 0.253 e. The van der Waals surface area contributed by atoms with Crippen molar-refractivity contribution < 1.29 is 14.3 Å². The molecular formula is C26H26ClN5O3. The van der Waals surface area contributed by atoms with E-state index in [1.54, 1.807) is 30.5 Å². The van der Waals surface area contributed by atoms with Crippen LogP contribution < -0.4 is 15.0 Å². The molecule has 0 saturated carbocycles. The largest absolute Gasteiger partial charge is 0.490 e. The standard InChI is InChI=1S/C26H26ClN5O3/c27-20-5-3-18(4-6-20)26(34)31-14-11-23(12-15-31)35-22-9-7-21(8-10-22)29-25(33)19-16-32(17-19)24-2-1-13-28-30-24/h1-10,13,19,23H,11-12,14-17H2,(H,29,33). The fourth-order valence-corrected chi connectivity index (χ4v) is 4.42. The Bertz CT molecular complexity index is 1160. The quantitative estimate of drug-likeness (QED) is 0.563. The Morgan fingerprint density at radius 3 is 2.34 bits per heavy atom. The van der Waals surface area contributed by atoms with Crippen molar-refractivity contribution in [2.24, 2.45) is 5.92 Å². The summed E-state index contributed by atoms with van der Waals surface area (Å²) in [6, 6.07) is 18.1. The molecule has 0 bridgehead atoms. The van der Waals surface area contributed by atoms with Crippen LogP contribution in [0.2, 0.25) is 5.02 Å². The van der Waals surface area contributed by atoms with Crippen LogP contribution in [0.15, 0.2) is 66.9 Å². The lowest BCUT2D eigenvalue weighted by molar-refractivity contribution is -0.120. The minimum Gasteiger partial charge on any atom is -0.490 e. The molecule has 180 valence electrons. The van der Waals surface area contributed by atoms with Crippen LogP contribution in [-0.4, -0.2) is 59.2 Å². The van der Waals surface area contributed by atoms with Gasteiger partial charge in [-0.05, 0) is 60.7 Å². The minimum atomic E-state index is -0.0753. The fourth-order valence-electron chi connectivity index (χ4n) is 4.30. The molecule has 0 unspecified atom stereocenters. The molecule has 2 amide bonds. The number of likely N-dealkylation sites (tertiary alicyclic amines) is 1. The van der Waals surface area contributed by atoms with Crippen molar-refractivity contribution in [3.63, 3.8) is 0 Å². The maximum Gasteiger partial charge on any atom is 0.253 e. The average molecular weight is 492 g/mol. The van der Waals surface area contributed by atoms with Crippen LogP contribution >= 0.6 is 11.6 Å². The van der Waals surface area contributed by atoms with Gasteiger partial charge < -0.3 is 19.9 Å². The number of amides is 2. The second-order valence-electron chi connectivity index (χ2n) is 8.81. The molecule has 0 radical (unpaired) electrons. The summed E-state index contributed by atoms with van der Waals surface area (Å²) in [4.78, 5) is 29.1. The zero-order valence-corrected chi connectivity index (χ0v) is 19.9. The van der Waals surface area contributed by atoms with E-state index in [1.165, 1.54) is 0 Å². The molecule has 5 rings (SSSR count). The van der Waals surface area contributed by atoms with Gasteiger partial charge in [-0.3, -0.25) is 9.59 Å². The monoisotopic (exact) mass is 491 g/mol. The summed E-state index contributed by atoms with van der Waals surface area (Å²) in [6.07, 6.45) is 3.21. The van der Waals surface area contributed by atoms with Gasteiger partial charge in [-0.2, -0.15) is 5.10 Å². The van der Waals surface area contributed by atoms with Crippen molar-refractivity contribution >= 4 is 34.9 Å². The van der Waals surface area contributed by atoms with Gasteiger partial charge >= 0.3 is 0 Å². The third-order valence-corrected chi connectivity index (χ3v) is 6.63. The van der Waals surface area contributed by atoms with E-state index in [4.69, 9.17) is 16.3 Å².